The van der Waals surface area contributed by atoms with Crippen LogP contribution in [0.5, 0.6) is 0 Å². The van der Waals surface area contributed by atoms with Crippen molar-refractivity contribution in [3.05, 3.63) is 0 Å². The molecule has 0 aromatic rings. The van der Waals surface area contributed by atoms with Crippen LogP contribution in [0.1, 0.15) is 52.9 Å². The monoisotopic (exact) mass is 268 g/mol. The number of rotatable bonds is 4. The summed E-state index contributed by atoms with van der Waals surface area (Å²) in [6.45, 7) is 8.34. The zero-order valence-electron chi connectivity index (χ0n) is 12.5. The highest BCUT2D eigenvalue weighted by Crippen LogP contribution is 2.38. The van der Waals surface area contributed by atoms with Gasteiger partial charge in [0.25, 0.3) is 0 Å². The number of likely N-dealkylation sites (tertiary alicyclic amines) is 1. The molecule has 1 atom stereocenters. The predicted octanol–water partition coefficient (Wildman–Crippen LogP) is 1.53. The third-order valence-electron chi connectivity index (χ3n) is 4.98. The van der Waals surface area contributed by atoms with Gasteiger partial charge in [-0.05, 0) is 19.8 Å². The van der Waals surface area contributed by atoms with E-state index >= 15 is 0 Å². The number of nitrogens with zero attached hydrogens (tertiary/aromatic N) is 1. The molecule has 0 aromatic heterocycles. The molecular formula is C15H28N2O2. The van der Waals surface area contributed by atoms with Crippen LogP contribution in [0.3, 0.4) is 0 Å². The lowest BCUT2D eigenvalue weighted by Crippen LogP contribution is -2.40. The fourth-order valence-electron chi connectivity index (χ4n) is 3.22. The second kappa shape index (κ2) is 5.41. The number of β-amino-alcohol motifs (C(OH)–C–C–N with tert-alkyl or cyclic N) is 1. The molecular weight excluding hydrogens is 240 g/mol. The van der Waals surface area contributed by atoms with Gasteiger partial charge >= 0.3 is 0 Å². The molecule has 0 bridgehead atoms. The van der Waals surface area contributed by atoms with E-state index in [0.29, 0.717) is 19.0 Å². The minimum Gasteiger partial charge on any atom is -0.388 e. The summed E-state index contributed by atoms with van der Waals surface area (Å²) in [5, 5.41) is 13.5. The zero-order valence-corrected chi connectivity index (χ0v) is 12.5. The lowest BCUT2D eigenvalue weighted by atomic mass is 9.79. The van der Waals surface area contributed by atoms with Crippen molar-refractivity contribution >= 4 is 5.91 Å². The summed E-state index contributed by atoms with van der Waals surface area (Å²) in [6, 6.07) is 0.408. The topological polar surface area (TPSA) is 52.6 Å². The fraction of sp³-hybridized carbons (Fsp3) is 0.933. The third-order valence-corrected chi connectivity index (χ3v) is 4.98. The molecule has 4 nitrogen and oxygen atoms in total. The van der Waals surface area contributed by atoms with Crippen LogP contribution < -0.4 is 5.32 Å². The van der Waals surface area contributed by atoms with Crippen LogP contribution in [0.4, 0.5) is 0 Å². The summed E-state index contributed by atoms with van der Waals surface area (Å²) in [5.74, 6) is 0.163. The summed E-state index contributed by atoms with van der Waals surface area (Å²) in [5.41, 5.74) is -0.760. The molecule has 110 valence electrons. The Balaban J connectivity index is 1.73. The molecule has 0 unspecified atom stereocenters. The summed E-state index contributed by atoms with van der Waals surface area (Å²) >= 11 is 0. The van der Waals surface area contributed by atoms with E-state index in [1.54, 1.807) is 0 Å². The van der Waals surface area contributed by atoms with E-state index in [1.807, 2.05) is 6.92 Å². The summed E-state index contributed by atoms with van der Waals surface area (Å²) < 4.78 is 0. The first-order valence-electron chi connectivity index (χ1n) is 7.54. The molecule has 4 heteroatoms. The Morgan fingerprint density at radius 1 is 1.26 bits per heavy atom. The van der Waals surface area contributed by atoms with E-state index in [-0.39, 0.29) is 11.3 Å². The number of hydrogen-bond donors (Lipinski definition) is 2. The van der Waals surface area contributed by atoms with Crippen LogP contribution in [-0.2, 0) is 4.79 Å². The Hall–Kier alpha value is -0.610. The number of carbonyl (C=O) groups is 1. The van der Waals surface area contributed by atoms with Crippen LogP contribution in [0.25, 0.3) is 0 Å². The van der Waals surface area contributed by atoms with Crippen LogP contribution in [0.15, 0.2) is 0 Å². The van der Waals surface area contributed by atoms with Gasteiger partial charge < -0.3 is 10.4 Å². The molecule has 2 rings (SSSR count). The van der Waals surface area contributed by atoms with Gasteiger partial charge in [0.1, 0.15) is 0 Å². The maximum absolute atomic E-state index is 11.9. The molecule has 0 aromatic carbocycles. The molecule has 0 radical (unpaired) electrons. The molecule has 1 aliphatic heterocycles. The predicted molar refractivity (Wildman–Crippen MR) is 75.9 cm³/mol. The fourth-order valence-corrected chi connectivity index (χ4v) is 3.22. The van der Waals surface area contributed by atoms with Crippen molar-refractivity contribution in [2.24, 2.45) is 5.41 Å². The maximum atomic E-state index is 11.9. The molecule has 1 saturated carbocycles. The normalized spacial score (nSPS) is 31.8. The SMILES string of the molecule is CC1(C)CN(CCC(=O)NC2CCCC2)C[C@@]1(C)O. The molecule has 2 N–H and O–H groups in total. The van der Waals surface area contributed by atoms with Crippen LogP contribution in [0.2, 0.25) is 0 Å². The Morgan fingerprint density at radius 2 is 1.89 bits per heavy atom. The quantitative estimate of drug-likeness (QED) is 0.813. The molecule has 0 spiro atoms. The number of carbonyl (C=O) groups excluding carboxylic acids is 1. The summed E-state index contributed by atoms with van der Waals surface area (Å²) in [7, 11) is 0. The Morgan fingerprint density at radius 3 is 2.42 bits per heavy atom. The number of hydrogen-bond acceptors (Lipinski definition) is 3. The van der Waals surface area contributed by atoms with Gasteiger partial charge in [-0.25, -0.2) is 0 Å². The van der Waals surface area contributed by atoms with Crippen molar-refractivity contribution in [3.8, 4) is 0 Å². The first-order chi connectivity index (χ1) is 8.80. The Labute approximate surface area is 116 Å². The number of aliphatic hydroxyl groups is 1. The van der Waals surface area contributed by atoms with Crippen molar-refractivity contribution in [2.45, 2.75) is 64.5 Å². The van der Waals surface area contributed by atoms with Crippen molar-refractivity contribution in [2.75, 3.05) is 19.6 Å². The van der Waals surface area contributed by atoms with Crippen LogP contribution in [0, 0.1) is 5.41 Å². The van der Waals surface area contributed by atoms with Crippen molar-refractivity contribution < 1.29 is 9.90 Å². The van der Waals surface area contributed by atoms with Gasteiger partial charge in [-0.2, -0.15) is 0 Å². The van der Waals surface area contributed by atoms with E-state index in [2.05, 4.69) is 24.1 Å². The van der Waals surface area contributed by atoms with E-state index in [4.69, 9.17) is 0 Å². The lowest BCUT2D eigenvalue weighted by molar-refractivity contribution is -0.122. The highest BCUT2D eigenvalue weighted by Gasteiger charge is 2.47. The van der Waals surface area contributed by atoms with Gasteiger partial charge in [-0.3, -0.25) is 9.69 Å². The van der Waals surface area contributed by atoms with Gasteiger partial charge in [0.2, 0.25) is 5.91 Å². The van der Waals surface area contributed by atoms with E-state index in [1.165, 1.54) is 12.8 Å². The Kier molecular flexibility index (Phi) is 4.21. The average molecular weight is 268 g/mol. The van der Waals surface area contributed by atoms with Gasteiger partial charge in [-0.15, -0.1) is 0 Å². The number of nitrogens with one attached hydrogen (secondary N) is 1. The summed E-state index contributed by atoms with van der Waals surface area (Å²) in [4.78, 5) is 14.1. The Bertz CT molecular complexity index is 317. The van der Waals surface area contributed by atoms with Crippen LogP contribution in [-0.4, -0.2) is 47.2 Å². The van der Waals surface area contributed by atoms with Crippen molar-refractivity contribution in [1.82, 2.24) is 10.2 Å². The lowest BCUT2D eigenvalue weighted by Gasteiger charge is -2.31. The first kappa shape index (κ1) is 14.8. The zero-order chi connectivity index (χ0) is 14.1. The van der Waals surface area contributed by atoms with Crippen LogP contribution >= 0.6 is 0 Å². The molecule has 2 fully saturated rings. The van der Waals surface area contributed by atoms with E-state index in [9.17, 15) is 9.90 Å². The van der Waals surface area contributed by atoms with Crippen molar-refractivity contribution in [3.63, 3.8) is 0 Å². The largest absolute Gasteiger partial charge is 0.388 e. The van der Waals surface area contributed by atoms with E-state index < -0.39 is 5.60 Å². The highest BCUT2D eigenvalue weighted by atomic mass is 16.3. The van der Waals surface area contributed by atoms with Gasteiger partial charge in [0.15, 0.2) is 0 Å². The second-order valence-electron chi connectivity index (χ2n) is 7.17. The van der Waals surface area contributed by atoms with Crippen molar-refractivity contribution in [1.29, 1.82) is 0 Å². The standard InChI is InChI=1S/C15H28N2O2/c1-14(2)10-17(11-15(14,3)19)9-8-13(18)16-12-6-4-5-7-12/h12,19H,4-11H2,1-3H3,(H,16,18)/t15-/m1/s1. The molecule has 19 heavy (non-hydrogen) atoms. The molecule has 2 aliphatic rings. The van der Waals surface area contributed by atoms with Gasteiger partial charge in [0, 0.05) is 37.5 Å². The molecule has 1 heterocycles. The summed E-state index contributed by atoms with van der Waals surface area (Å²) in [6.07, 6.45) is 5.30. The van der Waals surface area contributed by atoms with E-state index in [0.717, 1.165) is 25.9 Å². The number of amides is 1. The third kappa shape index (κ3) is 3.48. The second-order valence-corrected chi connectivity index (χ2v) is 7.17. The highest BCUT2D eigenvalue weighted by molar-refractivity contribution is 5.76. The minimum absolute atomic E-state index is 0.102. The maximum Gasteiger partial charge on any atom is 0.221 e. The van der Waals surface area contributed by atoms with Gasteiger partial charge in [0.05, 0.1) is 5.60 Å². The smallest absolute Gasteiger partial charge is 0.221 e. The minimum atomic E-state index is -0.658. The average Bonchev–Trinajstić information content (AvgIpc) is 2.83. The molecule has 1 saturated heterocycles. The molecule has 1 amide bonds. The first-order valence-corrected chi connectivity index (χ1v) is 7.54. The van der Waals surface area contributed by atoms with Gasteiger partial charge in [-0.1, -0.05) is 26.7 Å². The molecule has 1 aliphatic carbocycles.